The van der Waals surface area contributed by atoms with Gasteiger partial charge < -0.3 is 19.1 Å². The third-order valence-corrected chi connectivity index (χ3v) is 8.21. The first-order chi connectivity index (χ1) is 20.2. The Balaban J connectivity index is 1.45. The van der Waals surface area contributed by atoms with Gasteiger partial charge in [-0.15, -0.1) is 0 Å². The van der Waals surface area contributed by atoms with Crippen molar-refractivity contribution in [2.75, 3.05) is 6.61 Å². The quantitative estimate of drug-likeness (QED) is 0.152. The fraction of sp³-hybridized carbons (Fsp3) is 0.294. The van der Waals surface area contributed by atoms with E-state index in [1.807, 2.05) is 68.0 Å². The maximum Gasteiger partial charge on any atom is 0.305 e. The van der Waals surface area contributed by atoms with Crippen LogP contribution in [-0.4, -0.2) is 32.0 Å². The molecule has 0 amide bonds. The zero-order valence-corrected chi connectivity index (χ0v) is 25.2. The van der Waals surface area contributed by atoms with Gasteiger partial charge in [0.05, 0.1) is 18.5 Å². The van der Waals surface area contributed by atoms with Gasteiger partial charge in [0.1, 0.15) is 23.8 Å². The van der Waals surface area contributed by atoms with Crippen molar-refractivity contribution in [2.24, 2.45) is 7.05 Å². The Bertz CT molecular complexity index is 1700. The Morgan fingerprint density at radius 3 is 2.43 bits per heavy atom. The second kappa shape index (κ2) is 12.7. The molecule has 2 aromatic heterocycles. The van der Waals surface area contributed by atoms with Crippen LogP contribution in [0.5, 0.6) is 11.5 Å². The molecule has 0 atom stereocenters. The van der Waals surface area contributed by atoms with Crippen LogP contribution in [-0.2, 0) is 31.4 Å². The van der Waals surface area contributed by atoms with E-state index in [9.17, 15) is 9.90 Å². The van der Waals surface area contributed by atoms with E-state index in [2.05, 4.69) is 35.9 Å². The molecular weight excluding hydrogens is 550 g/mol. The average Bonchev–Trinajstić information content (AvgIpc) is 3.48. The zero-order chi connectivity index (χ0) is 29.8. The number of aryl methyl sites for hydroxylation is 5. The molecule has 0 radical (unpaired) electrons. The number of nitrogens with zero attached hydrogens (tertiary/aromatic N) is 3. The van der Waals surface area contributed by atoms with Gasteiger partial charge in [-0.3, -0.25) is 9.48 Å². The van der Waals surface area contributed by atoms with E-state index in [-0.39, 0.29) is 6.42 Å². The van der Waals surface area contributed by atoms with Crippen molar-refractivity contribution in [1.29, 1.82) is 0 Å². The van der Waals surface area contributed by atoms with E-state index in [4.69, 9.17) is 26.2 Å². The van der Waals surface area contributed by atoms with E-state index in [0.29, 0.717) is 19.8 Å². The van der Waals surface area contributed by atoms with Gasteiger partial charge in [-0.05, 0) is 74.6 Å². The molecule has 0 aliphatic carbocycles. The van der Waals surface area contributed by atoms with Crippen molar-refractivity contribution in [3.05, 3.63) is 100.0 Å². The van der Waals surface area contributed by atoms with Crippen molar-refractivity contribution < 1.29 is 19.4 Å². The van der Waals surface area contributed by atoms with Crippen molar-refractivity contribution in [3.63, 3.8) is 0 Å². The molecule has 7 nitrogen and oxygen atoms in total. The number of para-hydroxylation sites is 2. The van der Waals surface area contributed by atoms with Crippen LogP contribution in [0.25, 0.3) is 22.0 Å². The molecule has 0 aliphatic heterocycles. The first-order valence-electron chi connectivity index (χ1n) is 14.2. The van der Waals surface area contributed by atoms with Gasteiger partial charge in [-0.2, -0.15) is 5.10 Å². The van der Waals surface area contributed by atoms with Crippen LogP contribution in [0, 0.1) is 20.8 Å². The first-order valence-corrected chi connectivity index (χ1v) is 14.5. The summed E-state index contributed by atoms with van der Waals surface area (Å²) in [6.45, 7) is 7.27. The SMILES string of the molecule is Cc1cc(OCCCc2cn(CCC(=O)O)c3c(-c4c(COc5ccccc5)nn(C)c4C)cccc23)cc(C)c1Cl. The van der Waals surface area contributed by atoms with Gasteiger partial charge >= 0.3 is 5.97 Å². The van der Waals surface area contributed by atoms with E-state index >= 15 is 0 Å². The number of carbonyl (C=O) groups is 1. The standard InChI is InChI=1S/C34H36ClN3O4/c1-22-18-27(19-23(2)33(22)35)41-17-9-10-25-20-38(16-15-31(39)40)34-28(25)13-8-14-29(34)32-24(3)37(4)36-30(32)21-42-26-11-6-5-7-12-26/h5-8,11-14,18-20H,9-10,15-17,21H2,1-4H3,(H,39,40). The molecular formula is C34H36ClN3O4. The maximum absolute atomic E-state index is 11.5. The fourth-order valence-corrected chi connectivity index (χ4v) is 5.58. The summed E-state index contributed by atoms with van der Waals surface area (Å²) in [6.07, 6.45) is 3.73. The normalized spacial score (nSPS) is 11.3. The highest BCUT2D eigenvalue weighted by atomic mass is 35.5. The summed E-state index contributed by atoms with van der Waals surface area (Å²) < 4.78 is 16.1. The summed E-state index contributed by atoms with van der Waals surface area (Å²) in [5, 5.41) is 16.1. The van der Waals surface area contributed by atoms with Gasteiger partial charge in [0, 0.05) is 47.0 Å². The summed E-state index contributed by atoms with van der Waals surface area (Å²) in [5.74, 6) is 0.772. The summed E-state index contributed by atoms with van der Waals surface area (Å²) >= 11 is 6.31. The molecule has 0 aliphatic rings. The fourth-order valence-electron chi connectivity index (χ4n) is 5.47. The molecule has 5 aromatic rings. The highest BCUT2D eigenvalue weighted by Gasteiger charge is 2.21. The molecule has 0 bridgehead atoms. The molecule has 218 valence electrons. The predicted octanol–water partition coefficient (Wildman–Crippen LogP) is 7.69. The van der Waals surface area contributed by atoms with Crippen molar-refractivity contribution in [2.45, 2.75) is 53.2 Å². The summed E-state index contributed by atoms with van der Waals surface area (Å²) in [6, 6.07) is 19.9. The number of ether oxygens (including phenoxy) is 2. The number of carboxylic acid groups (broad SMARTS) is 1. The number of halogens is 1. The van der Waals surface area contributed by atoms with Crippen LogP contribution in [0.3, 0.4) is 0 Å². The third-order valence-electron chi connectivity index (χ3n) is 7.61. The van der Waals surface area contributed by atoms with Gasteiger partial charge in [0.2, 0.25) is 0 Å². The van der Waals surface area contributed by atoms with Crippen LogP contribution in [0.1, 0.15) is 40.9 Å². The lowest BCUT2D eigenvalue weighted by atomic mass is 9.99. The minimum Gasteiger partial charge on any atom is -0.494 e. The molecule has 2 heterocycles. The van der Waals surface area contributed by atoms with Crippen LogP contribution in [0.15, 0.2) is 66.9 Å². The Labute approximate surface area is 251 Å². The Hall–Kier alpha value is -4.23. The van der Waals surface area contributed by atoms with Crippen molar-refractivity contribution in [3.8, 4) is 22.6 Å². The van der Waals surface area contributed by atoms with Gasteiger partial charge in [0.15, 0.2) is 0 Å². The minimum atomic E-state index is -0.827. The van der Waals surface area contributed by atoms with Gasteiger partial charge in [-0.25, -0.2) is 0 Å². The van der Waals surface area contributed by atoms with Gasteiger partial charge in [-0.1, -0.05) is 48.0 Å². The molecule has 0 fully saturated rings. The predicted molar refractivity (Wildman–Crippen MR) is 167 cm³/mol. The third kappa shape index (κ3) is 6.31. The number of hydrogen-bond donors (Lipinski definition) is 1. The Morgan fingerprint density at radius 1 is 0.976 bits per heavy atom. The van der Waals surface area contributed by atoms with E-state index < -0.39 is 5.97 Å². The lowest BCUT2D eigenvalue weighted by molar-refractivity contribution is -0.137. The number of benzene rings is 3. The number of carboxylic acids is 1. The van der Waals surface area contributed by atoms with E-state index in [0.717, 1.165) is 79.5 Å². The van der Waals surface area contributed by atoms with E-state index in [1.54, 1.807) is 0 Å². The number of fused-ring (bicyclic) bond motifs is 1. The maximum atomic E-state index is 11.5. The highest BCUT2D eigenvalue weighted by Crippen LogP contribution is 2.36. The topological polar surface area (TPSA) is 78.5 Å². The molecule has 42 heavy (non-hydrogen) atoms. The minimum absolute atomic E-state index is 0.0337. The number of aliphatic carboxylic acids is 1. The zero-order valence-electron chi connectivity index (χ0n) is 24.5. The summed E-state index contributed by atoms with van der Waals surface area (Å²) in [5.41, 5.74) is 8.05. The van der Waals surface area contributed by atoms with Crippen molar-refractivity contribution >= 4 is 28.5 Å². The molecule has 8 heteroatoms. The van der Waals surface area contributed by atoms with Crippen LogP contribution in [0.2, 0.25) is 5.02 Å². The molecule has 0 saturated heterocycles. The van der Waals surface area contributed by atoms with Crippen molar-refractivity contribution in [1.82, 2.24) is 14.3 Å². The molecule has 0 unspecified atom stereocenters. The smallest absolute Gasteiger partial charge is 0.305 e. The second-order valence-electron chi connectivity index (χ2n) is 10.6. The lowest BCUT2D eigenvalue weighted by Crippen LogP contribution is -2.04. The molecule has 0 saturated carbocycles. The highest BCUT2D eigenvalue weighted by molar-refractivity contribution is 6.32. The Morgan fingerprint density at radius 2 is 1.71 bits per heavy atom. The van der Waals surface area contributed by atoms with Crippen LogP contribution < -0.4 is 9.47 Å². The number of aromatic nitrogens is 3. The van der Waals surface area contributed by atoms with Gasteiger partial charge in [0.25, 0.3) is 0 Å². The monoisotopic (exact) mass is 585 g/mol. The largest absolute Gasteiger partial charge is 0.494 e. The van der Waals surface area contributed by atoms with Crippen LogP contribution >= 0.6 is 11.6 Å². The van der Waals surface area contributed by atoms with E-state index in [1.165, 1.54) is 0 Å². The first kappa shape index (κ1) is 29.3. The lowest BCUT2D eigenvalue weighted by Gasteiger charge is -2.12. The summed E-state index contributed by atoms with van der Waals surface area (Å²) in [4.78, 5) is 11.5. The number of hydrogen-bond acceptors (Lipinski definition) is 4. The molecule has 5 rings (SSSR count). The Kier molecular flexibility index (Phi) is 8.88. The second-order valence-corrected chi connectivity index (χ2v) is 11.0. The summed E-state index contributed by atoms with van der Waals surface area (Å²) in [7, 11) is 1.93. The molecule has 1 N–H and O–H groups in total. The van der Waals surface area contributed by atoms with Crippen LogP contribution in [0.4, 0.5) is 0 Å². The molecule has 0 spiro atoms. The number of rotatable bonds is 12. The molecule has 3 aromatic carbocycles. The average molecular weight is 586 g/mol.